The Balaban J connectivity index is 2.03. The summed E-state index contributed by atoms with van der Waals surface area (Å²) in [6, 6.07) is 0.133. The molecule has 2 saturated heterocycles. The largest absolute Gasteiger partial charge is 0.382 e. The van der Waals surface area contributed by atoms with Gasteiger partial charge in [-0.3, -0.25) is 9.59 Å². The first-order valence-corrected chi connectivity index (χ1v) is 8.82. The third-order valence-corrected chi connectivity index (χ3v) is 4.80. The molecule has 2 amide bonds. The van der Waals surface area contributed by atoms with Gasteiger partial charge in [0.1, 0.15) is 5.54 Å². The number of methoxy groups -OCH3 is 1. The molecule has 1 unspecified atom stereocenters. The van der Waals surface area contributed by atoms with Crippen LogP contribution in [0.15, 0.2) is 0 Å². The number of nitrogens with one attached hydrogen (secondary N) is 2. The number of hydrogen-bond donors (Lipinski definition) is 2. The van der Waals surface area contributed by atoms with Crippen LogP contribution in [0.5, 0.6) is 0 Å². The Hall–Kier alpha value is -1.14. The van der Waals surface area contributed by atoms with Crippen molar-refractivity contribution >= 4 is 11.8 Å². The average Bonchev–Trinajstić information content (AvgIpc) is 2.55. The van der Waals surface area contributed by atoms with Gasteiger partial charge >= 0.3 is 0 Å². The molecule has 2 heterocycles. The topological polar surface area (TPSA) is 70.7 Å². The maximum atomic E-state index is 13.1. The highest BCUT2D eigenvalue weighted by Crippen LogP contribution is 2.26. The van der Waals surface area contributed by atoms with E-state index in [2.05, 4.69) is 10.6 Å². The summed E-state index contributed by atoms with van der Waals surface area (Å²) in [5.41, 5.74) is -0.608. The lowest BCUT2D eigenvalue weighted by Crippen LogP contribution is -2.64. The molecule has 0 aliphatic carbocycles. The molecule has 2 atom stereocenters. The number of likely N-dealkylation sites (tertiary alicyclic amines) is 1. The summed E-state index contributed by atoms with van der Waals surface area (Å²) in [4.78, 5) is 27.2. The van der Waals surface area contributed by atoms with E-state index >= 15 is 0 Å². The van der Waals surface area contributed by atoms with Crippen LogP contribution in [0, 0.1) is 5.92 Å². The molecular formula is C17H31N3O3. The molecule has 6 nitrogen and oxygen atoms in total. The highest BCUT2D eigenvalue weighted by atomic mass is 16.5. The zero-order valence-corrected chi connectivity index (χ0v) is 14.7. The second-order valence-corrected chi connectivity index (χ2v) is 7.15. The van der Waals surface area contributed by atoms with Crippen LogP contribution in [-0.2, 0) is 14.3 Å². The Morgan fingerprint density at radius 2 is 2.13 bits per heavy atom. The lowest BCUT2D eigenvalue weighted by molar-refractivity contribution is -0.145. The third-order valence-electron chi connectivity index (χ3n) is 4.80. The van der Waals surface area contributed by atoms with Crippen LogP contribution >= 0.6 is 0 Å². The van der Waals surface area contributed by atoms with E-state index in [1.807, 2.05) is 18.7 Å². The van der Waals surface area contributed by atoms with Gasteiger partial charge in [0.2, 0.25) is 11.8 Å². The summed E-state index contributed by atoms with van der Waals surface area (Å²) in [7, 11) is 1.64. The van der Waals surface area contributed by atoms with E-state index in [4.69, 9.17) is 4.74 Å². The number of rotatable bonds is 5. The van der Waals surface area contributed by atoms with Crippen molar-refractivity contribution in [1.82, 2.24) is 15.5 Å². The van der Waals surface area contributed by atoms with Crippen molar-refractivity contribution in [2.24, 2.45) is 5.92 Å². The molecule has 2 fully saturated rings. The van der Waals surface area contributed by atoms with Crippen molar-refractivity contribution in [1.29, 1.82) is 0 Å². The van der Waals surface area contributed by atoms with Gasteiger partial charge in [0.15, 0.2) is 0 Å². The second kappa shape index (κ2) is 8.11. The summed E-state index contributed by atoms with van der Waals surface area (Å²) < 4.78 is 5.33. The summed E-state index contributed by atoms with van der Waals surface area (Å²) >= 11 is 0. The maximum absolute atomic E-state index is 13.1. The van der Waals surface area contributed by atoms with Crippen LogP contribution in [0.2, 0.25) is 0 Å². The second-order valence-electron chi connectivity index (χ2n) is 7.15. The Kier molecular flexibility index (Phi) is 6.41. The Bertz CT molecular complexity index is 414. The van der Waals surface area contributed by atoms with Crippen LogP contribution in [0.4, 0.5) is 0 Å². The van der Waals surface area contributed by atoms with E-state index in [0.29, 0.717) is 13.2 Å². The number of carbonyl (C=O) groups is 2. The molecule has 2 aliphatic heterocycles. The minimum Gasteiger partial charge on any atom is -0.382 e. The summed E-state index contributed by atoms with van der Waals surface area (Å²) in [6.45, 7) is 6.42. The number of piperidine rings is 2. The van der Waals surface area contributed by atoms with Gasteiger partial charge in [-0.25, -0.2) is 0 Å². The van der Waals surface area contributed by atoms with Crippen molar-refractivity contribution in [3.63, 3.8) is 0 Å². The zero-order chi connectivity index (χ0) is 16.9. The van der Waals surface area contributed by atoms with Crippen LogP contribution in [0.3, 0.4) is 0 Å². The number of carbonyl (C=O) groups excluding carboxylic acids is 2. The maximum Gasteiger partial charge on any atom is 0.245 e. The van der Waals surface area contributed by atoms with Gasteiger partial charge in [0.05, 0.1) is 12.5 Å². The van der Waals surface area contributed by atoms with E-state index < -0.39 is 5.54 Å². The predicted octanol–water partition coefficient (Wildman–Crippen LogP) is 0.908. The van der Waals surface area contributed by atoms with Gasteiger partial charge in [-0.05, 0) is 52.5 Å². The lowest BCUT2D eigenvalue weighted by Gasteiger charge is -2.42. The van der Waals surface area contributed by atoms with E-state index in [9.17, 15) is 9.59 Å². The molecule has 0 aromatic carbocycles. The molecule has 0 bridgehead atoms. The molecule has 132 valence electrons. The fourth-order valence-corrected chi connectivity index (χ4v) is 3.66. The van der Waals surface area contributed by atoms with Crippen LogP contribution < -0.4 is 10.6 Å². The van der Waals surface area contributed by atoms with Gasteiger partial charge in [-0.1, -0.05) is 0 Å². The molecule has 0 radical (unpaired) electrons. The highest BCUT2D eigenvalue weighted by Gasteiger charge is 2.43. The van der Waals surface area contributed by atoms with Gasteiger partial charge in [0, 0.05) is 26.2 Å². The van der Waals surface area contributed by atoms with Crippen molar-refractivity contribution < 1.29 is 14.3 Å². The summed E-state index contributed by atoms with van der Waals surface area (Å²) in [5, 5.41) is 6.36. The smallest absolute Gasteiger partial charge is 0.245 e. The lowest BCUT2D eigenvalue weighted by atomic mass is 9.86. The molecule has 6 heteroatoms. The van der Waals surface area contributed by atoms with Crippen LogP contribution in [0.1, 0.15) is 46.0 Å². The fraction of sp³-hybridized carbons (Fsp3) is 0.882. The Morgan fingerprint density at radius 3 is 2.74 bits per heavy atom. The Labute approximate surface area is 139 Å². The van der Waals surface area contributed by atoms with E-state index in [1.54, 1.807) is 7.11 Å². The van der Waals surface area contributed by atoms with Crippen molar-refractivity contribution in [3.05, 3.63) is 0 Å². The summed E-state index contributed by atoms with van der Waals surface area (Å²) in [5.74, 6) is 0.0641. The molecule has 2 aliphatic rings. The minimum atomic E-state index is -0.608. The van der Waals surface area contributed by atoms with Crippen LogP contribution in [0.25, 0.3) is 0 Å². The molecule has 2 N–H and O–H groups in total. The first-order chi connectivity index (χ1) is 11.0. The first-order valence-electron chi connectivity index (χ1n) is 8.82. The molecule has 0 aromatic heterocycles. The van der Waals surface area contributed by atoms with Crippen molar-refractivity contribution in [3.8, 4) is 0 Å². The number of ether oxygens (including phenoxy) is 1. The number of hydrogen-bond acceptors (Lipinski definition) is 4. The fourth-order valence-electron chi connectivity index (χ4n) is 3.66. The predicted molar refractivity (Wildman–Crippen MR) is 89.0 cm³/mol. The van der Waals surface area contributed by atoms with E-state index in [0.717, 1.165) is 45.2 Å². The Morgan fingerprint density at radius 1 is 1.35 bits per heavy atom. The number of amides is 2. The molecule has 0 aromatic rings. The van der Waals surface area contributed by atoms with E-state index in [1.165, 1.54) is 0 Å². The monoisotopic (exact) mass is 325 g/mol. The van der Waals surface area contributed by atoms with Crippen molar-refractivity contribution in [2.75, 3.05) is 33.4 Å². The standard InChI is InChI=1S/C17H31N3O3/c1-13(2)19-15(21)14-7-6-10-20(11-14)16(22)17(12-23-3)8-4-5-9-18-17/h13-14,18H,4-12H2,1-3H3,(H,19,21)/t14-,17?/m0/s1. The van der Waals surface area contributed by atoms with Crippen molar-refractivity contribution in [2.45, 2.75) is 57.5 Å². The molecule has 2 rings (SSSR count). The third kappa shape index (κ3) is 4.44. The minimum absolute atomic E-state index is 0.0647. The van der Waals surface area contributed by atoms with Crippen LogP contribution in [-0.4, -0.2) is 61.6 Å². The van der Waals surface area contributed by atoms with Gasteiger partial charge in [-0.2, -0.15) is 0 Å². The van der Waals surface area contributed by atoms with Gasteiger partial charge in [-0.15, -0.1) is 0 Å². The molecule has 23 heavy (non-hydrogen) atoms. The molecule has 0 saturated carbocycles. The normalized spacial score (nSPS) is 28.7. The average molecular weight is 325 g/mol. The van der Waals surface area contributed by atoms with E-state index in [-0.39, 0.29) is 23.8 Å². The first kappa shape index (κ1) is 18.2. The van der Waals surface area contributed by atoms with Gasteiger partial charge in [0.25, 0.3) is 0 Å². The zero-order valence-electron chi connectivity index (χ0n) is 14.7. The molecular weight excluding hydrogens is 294 g/mol. The summed E-state index contributed by atoms with van der Waals surface area (Å²) in [6.07, 6.45) is 4.67. The highest BCUT2D eigenvalue weighted by molar-refractivity contribution is 5.88. The molecule has 0 spiro atoms. The quantitative estimate of drug-likeness (QED) is 0.788. The number of nitrogens with zero attached hydrogens (tertiary/aromatic N) is 1. The SMILES string of the molecule is COCC1(C(=O)N2CCC[C@H](C(=O)NC(C)C)C2)CCCCN1. The van der Waals surface area contributed by atoms with Gasteiger partial charge < -0.3 is 20.3 Å².